The van der Waals surface area contributed by atoms with Crippen LogP contribution in [0.25, 0.3) is 0 Å². The van der Waals surface area contributed by atoms with E-state index < -0.39 is 12.3 Å². The molecule has 0 amide bonds. The SMILES string of the molecule is COc1ccccc1Cn1ccc(C(O)C(F)(F)F)c1. The normalized spacial score (nSPS) is 13.2. The average molecular weight is 285 g/mol. The molecule has 0 aliphatic heterocycles. The number of aliphatic hydroxyl groups is 1. The molecule has 2 aromatic rings. The van der Waals surface area contributed by atoms with Crippen LogP contribution in [0.15, 0.2) is 42.7 Å². The Kier molecular flexibility index (Phi) is 4.04. The van der Waals surface area contributed by atoms with Crippen molar-refractivity contribution in [1.82, 2.24) is 4.57 Å². The Bertz CT molecular complexity index is 578. The zero-order valence-corrected chi connectivity index (χ0v) is 10.8. The first kappa shape index (κ1) is 14.5. The molecular formula is C14H14F3NO2. The minimum Gasteiger partial charge on any atom is -0.496 e. The highest BCUT2D eigenvalue weighted by atomic mass is 19.4. The molecule has 0 bridgehead atoms. The minimum atomic E-state index is -4.66. The van der Waals surface area contributed by atoms with E-state index in [0.29, 0.717) is 12.3 Å². The second-order valence-electron chi connectivity index (χ2n) is 4.37. The number of rotatable bonds is 4. The molecule has 20 heavy (non-hydrogen) atoms. The first-order chi connectivity index (χ1) is 9.41. The summed E-state index contributed by atoms with van der Waals surface area (Å²) < 4.78 is 44.0. The van der Waals surface area contributed by atoms with Crippen LogP contribution in [0, 0.1) is 0 Å². The Balaban J connectivity index is 2.18. The molecule has 0 radical (unpaired) electrons. The summed E-state index contributed by atoms with van der Waals surface area (Å²) >= 11 is 0. The molecular weight excluding hydrogens is 271 g/mol. The maximum atomic E-state index is 12.4. The number of halogens is 3. The van der Waals surface area contributed by atoms with Crippen molar-refractivity contribution in [3.05, 3.63) is 53.9 Å². The fraction of sp³-hybridized carbons (Fsp3) is 0.286. The van der Waals surface area contributed by atoms with Gasteiger partial charge in [0.05, 0.1) is 13.7 Å². The van der Waals surface area contributed by atoms with Crippen LogP contribution >= 0.6 is 0 Å². The number of methoxy groups -OCH3 is 1. The molecule has 0 aliphatic carbocycles. The average Bonchev–Trinajstić information content (AvgIpc) is 2.86. The predicted octanol–water partition coefficient (Wildman–Crippen LogP) is 3.14. The molecule has 0 saturated carbocycles. The van der Waals surface area contributed by atoms with Gasteiger partial charge in [-0.25, -0.2) is 0 Å². The van der Waals surface area contributed by atoms with Crippen molar-refractivity contribution in [2.75, 3.05) is 7.11 Å². The summed E-state index contributed by atoms with van der Waals surface area (Å²) in [6, 6.07) is 8.51. The molecule has 1 unspecified atom stereocenters. The fourth-order valence-electron chi connectivity index (χ4n) is 1.94. The summed E-state index contributed by atoms with van der Waals surface area (Å²) in [6.07, 6.45) is -4.33. The summed E-state index contributed by atoms with van der Waals surface area (Å²) in [4.78, 5) is 0. The second-order valence-corrected chi connectivity index (χ2v) is 4.37. The Morgan fingerprint density at radius 3 is 2.60 bits per heavy atom. The summed E-state index contributed by atoms with van der Waals surface area (Å²) in [6.45, 7) is 0.370. The molecule has 6 heteroatoms. The molecule has 1 atom stereocenters. The predicted molar refractivity (Wildman–Crippen MR) is 67.5 cm³/mol. The lowest BCUT2D eigenvalue weighted by Gasteiger charge is -2.13. The van der Waals surface area contributed by atoms with Gasteiger partial charge in [-0.1, -0.05) is 18.2 Å². The van der Waals surface area contributed by atoms with Crippen LogP contribution < -0.4 is 4.74 Å². The van der Waals surface area contributed by atoms with Gasteiger partial charge in [0, 0.05) is 23.5 Å². The first-order valence-electron chi connectivity index (χ1n) is 5.94. The van der Waals surface area contributed by atoms with Gasteiger partial charge in [-0.05, 0) is 12.1 Å². The standard InChI is InChI=1S/C14H14F3NO2/c1-20-12-5-3-2-4-10(12)8-18-7-6-11(9-18)13(19)14(15,16)17/h2-7,9,13,19H,8H2,1H3. The highest BCUT2D eigenvalue weighted by Gasteiger charge is 2.39. The van der Waals surface area contributed by atoms with Crippen LogP contribution in [0.2, 0.25) is 0 Å². The quantitative estimate of drug-likeness (QED) is 0.936. The van der Waals surface area contributed by atoms with Gasteiger partial charge in [0.2, 0.25) is 0 Å². The number of aromatic nitrogens is 1. The number of hydrogen-bond acceptors (Lipinski definition) is 2. The van der Waals surface area contributed by atoms with Gasteiger partial charge in [-0.2, -0.15) is 13.2 Å². The third-order valence-corrected chi connectivity index (χ3v) is 2.94. The topological polar surface area (TPSA) is 34.4 Å². The third-order valence-electron chi connectivity index (χ3n) is 2.94. The number of nitrogens with zero attached hydrogens (tertiary/aromatic N) is 1. The number of benzene rings is 1. The van der Waals surface area contributed by atoms with Crippen LogP contribution in [-0.2, 0) is 6.54 Å². The van der Waals surface area contributed by atoms with E-state index in [1.54, 1.807) is 10.6 Å². The van der Waals surface area contributed by atoms with E-state index >= 15 is 0 Å². The first-order valence-corrected chi connectivity index (χ1v) is 5.94. The van der Waals surface area contributed by atoms with Crippen molar-refractivity contribution in [2.24, 2.45) is 0 Å². The number of aliphatic hydroxyl groups excluding tert-OH is 1. The smallest absolute Gasteiger partial charge is 0.418 e. The van der Waals surface area contributed by atoms with Crippen molar-refractivity contribution in [1.29, 1.82) is 0 Å². The van der Waals surface area contributed by atoms with Gasteiger partial charge in [0.25, 0.3) is 0 Å². The largest absolute Gasteiger partial charge is 0.496 e. The van der Waals surface area contributed by atoms with Gasteiger partial charge in [-0.3, -0.25) is 0 Å². The number of alkyl halides is 3. The summed E-state index contributed by atoms with van der Waals surface area (Å²) in [5, 5.41) is 9.17. The Morgan fingerprint density at radius 1 is 1.25 bits per heavy atom. The lowest BCUT2D eigenvalue weighted by atomic mass is 10.2. The molecule has 0 spiro atoms. The molecule has 3 nitrogen and oxygen atoms in total. The lowest BCUT2D eigenvalue weighted by molar-refractivity contribution is -0.206. The van der Waals surface area contributed by atoms with Crippen molar-refractivity contribution >= 4 is 0 Å². The molecule has 2 rings (SSSR count). The van der Waals surface area contributed by atoms with Crippen molar-refractivity contribution in [2.45, 2.75) is 18.8 Å². The van der Waals surface area contributed by atoms with Crippen LogP contribution in [-0.4, -0.2) is 23.0 Å². The van der Waals surface area contributed by atoms with Crippen LogP contribution in [0.4, 0.5) is 13.2 Å². The Hall–Kier alpha value is -1.95. The molecule has 1 aromatic carbocycles. The fourth-order valence-corrected chi connectivity index (χ4v) is 1.94. The van der Waals surface area contributed by atoms with Gasteiger partial charge in [-0.15, -0.1) is 0 Å². The van der Waals surface area contributed by atoms with E-state index in [9.17, 15) is 18.3 Å². The van der Waals surface area contributed by atoms with Crippen LogP contribution in [0.5, 0.6) is 5.75 Å². The zero-order chi connectivity index (χ0) is 14.8. The Morgan fingerprint density at radius 2 is 1.95 bits per heavy atom. The maximum Gasteiger partial charge on any atom is 0.418 e. The van der Waals surface area contributed by atoms with Crippen molar-refractivity contribution < 1.29 is 23.0 Å². The second kappa shape index (κ2) is 5.58. The van der Waals surface area contributed by atoms with Gasteiger partial charge in [0.1, 0.15) is 5.75 Å². The van der Waals surface area contributed by atoms with E-state index in [-0.39, 0.29) is 5.56 Å². The highest BCUT2D eigenvalue weighted by Crippen LogP contribution is 2.32. The number of hydrogen-bond donors (Lipinski definition) is 1. The van der Waals surface area contributed by atoms with E-state index in [4.69, 9.17) is 4.74 Å². The number of para-hydroxylation sites is 1. The monoisotopic (exact) mass is 285 g/mol. The zero-order valence-electron chi connectivity index (χ0n) is 10.8. The Labute approximate surface area is 114 Å². The summed E-state index contributed by atoms with van der Waals surface area (Å²) in [7, 11) is 1.54. The molecule has 1 aromatic heterocycles. The van der Waals surface area contributed by atoms with Crippen LogP contribution in [0.1, 0.15) is 17.2 Å². The van der Waals surface area contributed by atoms with Gasteiger partial charge < -0.3 is 14.4 Å². The number of ether oxygens (including phenoxy) is 1. The lowest BCUT2D eigenvalue weighted by Crippen LogP contribution is -2.19. The van der Waals surface area contributed by atoms with Gasteiger partial charge in [0.15, 0.2) is 6.10 Å². The maximum absolute atomic E-state index is 12.4. The van der Waals surface area contributed by atoms with Crippen molar-refractivity contribution in [3.63, 3.8) is 0 Å². The van der Waals surface area contributed by atoms with E-state index in [2.05, 4.69) is 0 Å². The molecule has 1 N–H and O–H groups in total. The molecule has 108 valence electrons. The molecule has 0 fully saturated rings. The third kappa shape index (κ3) is 3.14. The summed E-state index contributed by atoms with van der Waals surface area (Å²) in [5.41, 5.74) is 0.672. The van der Waals surface area contributed by atoms with E-state index in [1.165, 1.54) is 25.6 Å². The summed E-state index contributed by atoms with van der Waals surface area (Å²) in [5.74, 6) is 0.666. The molecule has 0 aliphatic rings. The van der Waals surface area contributed by atoms with E-state index in [1.807, 2.05) is 18.2 Å². The van der Waals surface area contributed by atoms with Gasteiger partial charge >= 0.3 is 6.18 Å². The van der Waals surface area contributed by atoms with Crippen LogP contribution in [0.3, 0.4) is 0 Å². The highest BCUT2D eigenvalue weighted by molar-refractivity contribution is 5.33. The van der Waals surface area contributed by atoms with E-state index in [0.717, 1.165) is 5.56 Å². The van der Waals surface area contributed by atoms with Crippen molar-refractivity contribution in [3.8, 4) is 5.75 Å². The minimum absolute atomic E-state index is 0.174. The molecule has 0 saturated heterocycles. The molecule has 1 heterocycles.